The van der Waals surface area contributed by atoms with Crippen molar-refractivity contribution in [3.05, 3.63) is 59.4 Å². The summed E-state index contributed by atoms with van der Waals surface area (Å²) in [6, 6.07) is 12.7. The van der Waals surface area contributed by atoms with E-state index in [1.165, 1.54) is 6.07 Å². The van der Waals surface area contributed by atoms with E-state index in [0.717, 1.165) is 16.7 Å². The van der Waals surface area contributed by atoms with E-state index in [1.54, 1.807) is 12.1 Å². The maximum absolute atomic E-state index is 13.6. The largest absolute Gasteiger partial charge is 0.326 e. The summed E-state index contributed by atoms with van der Waals surface area (Å²) in [5.74, 6) is -0.198. The second-order valence-corrected chi connectivity index (χ2v) is 3.89. The Hall–Kier alpha value is -1.38. The molecule has 2 N–H and O–H groups in total. The molecule has 0 saturated carbocycles. The van der Waals surface area contributed by atoms with Gasteiger partial charge in [0.15, 0.2) is 0 Å². The van der Waals surface area contributed by atoms with Crippen molar-refractivity contribution in [1.82, 2.24) is 0 Å². The molecule has 0 aromatic heterocycles. The van der Waals surface area contributed by atoms with Gasteiger partial charge in [-0.05, 0) is 30.2 Å². The molecule has 0 unspecified atom stereocenters. The fourth-order valence-electron chi connectivity index (χ4n) is 1.83. The highest BCUT2D eigenvalue weighted by Gasteiger charge is 2.05. The fraction of sp³-hybridized carbons (Fsp3) is 0.143. The van der Waals surface area contributed by atoms with Crippen LogP contribution < -0.4 is 5.73 Å². The van der Waals surface area contributed by atoms with Crippen molar-refractivity contribution >= 4 is 12.4 Å². The van der Waals surface area contributed by atoms with Crippen molar-refractivity contribution in [1.29, 1.82) is 0 Å². The molecule has 17 heavy (non-hydrogen) atoms. The highest BCUT2D eigenvalue weighted by Crippen LogP contribution is 2.24. The third kappa shape index (κ3) is 3.05. The van der Waals surface area contributed by atoms with E-state index >= 15 is 0 Å². The second kappa shape index (κ2) is 5.80. The van der Waals surface area contributed by atoms with Crippen LogP contribution in [0.5, 0.6) is 0 Å². The smallest absolute Gasteiger partial charge is 0.131 e. The van der Waals surface area contributed by atoms with Crippen LogP contribution in [-0.4, -0.2) is 0 Å². The number of aryl methyl sites for hydroxylation is 1. The first kappa shape index (κ1) is 13.7. The zero-order valence-electron chi connectivity index (χ0n) is 9.61. The topological polar surface area (TPSA) is 26.0 Å². The van der Waals surface area contributed by atoms with Gasteiger partial charge in [-0.25, -0.2) is 4.39 Å². The van der Waals surface area contributed by atoms with Crippen LogP contribution in [-0.2, 0) is 6.54 Å². The first-order valence-electron chi connectivity index (χ1n) is 5.26. The number of rotatable bonds is 2. The first-order valence-corrected chi connectivity index (χ1v) is 5.26. The molecule has 0 atom stereocenters. The zero-order chi connectivity index (χ0) is 11.5. The van der Waals surface area contributed by atoms with E-state index in [-0.39, 0.29) is 18.2 Å². The Morgan fingerprint density at radius 3 is 2.47 bits per heavy atom. The monoisotopic (exact) mass is 251 g/mol. The summed E-state index contributed by atoms with van der Waals surface area (Å²) in [5, 5.41) is 0. The van der Waals surface area contributed by atoms with Crippen LogP contribution in [0, 0.1) is 12.7 Å². The number of benzene rings is 2. The fourth-order valence-corrected chi connectivity index (χ4v) is 1.83. The van der Waals surface area contributed by atoms with Crippen LogP contribution in [0.1, 0.15) is 11.1 Å². The van der Waals surface area contributed by atoms with E-state index in [1.807, 2.05) is 31.2 Å². The van der Waals surface area contributed by atoms with Gasteiger partial charge in [0, 0.05) is 12.1 Å². The lowest BCUT2D eigenvalue weighted by Gasteiger charge is -2.07. The summed E-state index contributed by atoms with van der Waals surface area (Å²) in [6.45, 7) is 2.46. The number of nitrogens with two attached hydrogens (primary N) is 1. The average Bonchev–Trinajstić information content (AvgIpc) is 2.28. The van der Waals surface area contributed by atoms with Crippen LogP contribution in [0.25, 0.3) is 11.1 Å². The van der Waals surface area contributed by atoms with E-state index in [0.29, 0.717) is 12.1 Å². The quantitative estimate of drug-likeness (QED) is 0.866. The van der Waals surface area contributed by atoms with Crippen LogP contribution >= 0.6 is 12.4 Å². The number of hydrogen-bond donors (Lipinski definition) is 1. The van der Waals surface area contributed by atoms with Gasteiger partial charge in [0.2, 0.25) is 0 Å². The van der Waals surface area contributed by atoms with Crippen molar-refractivity contribution in [3.8, 4) is 11.1 Å². The predicted molar refractivity (Wildman–Crippen MR) is 71.7 cm³/mol. The molecule has 0 amide bonds. The van der Waals surface area contributed by atoms with Crippen LogP contribution in [0.3, 0.4) is 0 Å². The molecule has 90 valence electrons. The van der Waals surface area contributed by atoms with Crippen molar-refractivity contribution in [2.75, 3.05) is 0 Å². The minimum atomic E-state index is -0.198. The summed E-state index contributed by atoms with van der Waals surface area (Å²) >= 11 is 0. The summed E-state index contributed by atoms with van der Waals surface area (Å²) in [4.78, 5) is 0. The molecule has 0 aliphatic carbocycles. The molecule has 0 fully saturated rings. The molecule has 0 bridgehead atoms. The molecule has 0 heterocycles. The Bertz CT molecular complexity index is 511. The van der Waals surface area contributed by atoms with Gasteiger partial charge in [-0.2, -0.15) is 0 Å². The second-order valence-electron chi connectivity index (χ2n) is 3.89. The Labute approximate surface area is 107 Å². The summed E-state index contributed by atoms with van der Waals surface area (Å²) < 4.78 is 13.6. The Morgan fingerprint density at radius 2 is 1.82 bits per heavy atom. The zero-order valence-corrected chi connectivity index (χ0v) is 10.4. The lowest BCUT2D eigenvalue weighted by atomic mass is 10.00. The van der Waals surface area contributed by atoms with Gasteiger partial charge in [-0.15, -0.1) is 12.4 Å². The lowest BCUT2D eigenvalue weighted by molar-refractivity contribution is 0.631. The maximum atomic E-state index is 13.6. The molecule has 3 heteroatoms. The molecule has 0 spiro atoms. The van der Waals surface area contributed by atoms with Crippen molar-refractivity contribution in [2.24, 2.45) is 5.73 Å². The van der Waals surface area contributed by atoms with Gasteiger partial charge in [0.05, 0.1) is 0 Å². The minimum Gasteiger partial charge on any atom is -0.326 e. The molecule has 2 rings (SSSR count). The SMILES string of the molecule is Cc1cc(CN)cc(-c2ccccc2F)c1.Cl. The van der Waals surface area contributed by atoms with E-state index in [4.69, 9.17) is 5.73 Å². The lowest BCUT2D eigenvalue weighted by Crippen LogP contribution is -1.97. The molecule has 0 aliphatic rings. The van der Waals surface area contributed by atoms with Crippen molar-refractivity contribution in [3.63, 3.8) is 0 Å². The molecule has 1 nitrogen and oxygen atoms in total. The van der Waals surface area contributed by atoms with Crippen molar-refractivity contribution < 1.29 is 4.39 Å². The summed E-state index contributed by atoms with van der Waals surface area (Å²) in [6.07, 6.45) is 0. The van der Waals surface area contributed by atoms with E-state index < -0.39 is 0 Å². The number of halogens is 2. The van der Waals surface area contributed by atoms with Gasteiger partial charge in [0.1, 0.15) is 5.82 Å². The van der Waals surface area contributed by atoms with Crippen molar-refractivity contribution in [2.45, 2.75) is 13.5 Å². The summed E-state index contributed by atoms with van der Waals surface area (Å²) in [5.41, 5.74) is 9.25. The predicted octanol–water partition coefficient (Wildman–Crippen LogP) is 3.68. The van der Waals surface area contributed by atoms with Gasteiger partial charge in [0.25, 0.3) is 0 Å². The molecule has 0 saturated heterocycles. The minimum absolute atomic E-state index is 0. The van der Waals surface area contributed by atoms with Gasteiger partial charge < -0.3 is 5.73 Å². The highest BCUT2D eigenvalue weighted by molar-refractivity contribution is 5.85. The normalized spacial score (nSPS) is 9.82. The van der Waals surface area contributed by atoms with Gasteiger partial charge in [-0.3, -0.25) is 0 Å². The molecule has 0 radical (unpaired) electrons. The number of hydrogen-bond acceptors (Lipinski definition) is 1. The standard InChI is InChI=1S/C14H14FN.ClH/c1-10-6-11(9-16)8-12(7-10)13-4-2-3-5-14(13)15;/h2-8H,9,16H2,1H3;1H. The van der Waals surface area contributed by atoms with Crippen LogP contribution in [0.4, 0.5) is 4.39 Å². The maximum Gasteiger partial charge on any atom is 0.131 e. The summed E-state index contributed by atoms with van der Waals surface area (Å²) in [7, 11) is 0. The molecular weight excluding hydrogens is 237 g/mol. The third-order valence-corrected chi connectivity index (χ3v) is 2.56. The third-order valence-electron chi connectivity index (χ3n) is 2.56. The Morgan fingerprint density at radius 1 is 1.12 bits per heavy atom. The molecular formula is C14H15ClFN. The molecule has 0 aliphatic heterocycles. The Balaban J connectivity index is 0.00000144. The Kier molecular flexibility index (Phi) is 4.67. The van der Waals surface area contributed by atoms with E-state index in [2.05, 4.69) is 0 Å². The first-order chi connectivity index (χ1) is 7.70. The van der Waals surface area contributed by atoms with Gasteiger partial charge >= 0.3 is 0 Å². The van der Waals surface area contributed by atoms with E-state index in [9.17, 15) is 4.39 Å². The van der Waals surface area contributed by atoms with Crippen LogP contribution in [0.15, 0.2) is 42.5 Å². The molecule has 2 aromatic rings. The van der Waals surface area contributed by atoms with Gasteiger partial charge in [-0.1, -0.05) is 35.9 Å². The molecule has 2 aromatic carbocycles. The average molecular weight is 252 g/mol. The van der Waals surface area contributed by atoms with Crippen LogP contribution in [0.2, 0.25) is 0 Å². The highest BCUT2D eigenvalue weighted by atomic mass is 35.5.